The van der Waals surface area contributed by atoms with Gasteiger partial charge in [-0.25, -0.2) is 0 Å². The second-order valence-electron chi connectivity index (χ2n) is 5.28. The van der Waals surface area contributed by atoms with Crippen molar-refractivity contribution < 1.29 is 19.1 Å². The first kappa shape index (κ1) is 18.8. The Labute approximate surface area is 154 Å². The third kappa shape index (κ3) is 5.79. The highest BCUT2D eigenvalue weighted by atomic mass is 79.9. The first-order valence-electron chi connectivity index (χ1n) is 7.58. The number of carbonyl (C=O) groups is 2. The van der Waals surface area contributed by atoms with Crippen LogP contribution in [-0.4, -0.2) is 25.5 Å². The number of methoxy groups -OCH3 is 1. The summed E-state index contributed by atoms with van der Waals surface area (Å²) in [5.41, 5.74) is 6.33. The van der Waals surface area contributed by atoms with Gasteiger partial charge in [0.25, 0.3) is 5.91 Å². The molecule has 0 bridgehead atoms. The molecule has 0 unspecified atom stereocenters. The van der Waals surface area contributed by atoms with E-state index in [1.165, 1.54) is 0 Å². The summed E-state index contributed by atoms with van der Waals surface area (Å²) in [6.45, 7) is 1.68. The van der Waals surface area contributed by atoms with Crippen LogP contribution in [0.3, 0.4) is 0 Å². The highest BCUT2D eigenvalue weighted by Crippen LogP contribution is 2.22. The van der Waals surface area contributed by atoms with Gasteiger partial charge in [-0.15, -0.1) is 0 Å². The highest BCUT2D eigenvalue weighted by Gasteiger charge is 2.10. The lowest BCUT2D eigenvalue weighted by atomic mass is 10.1. The lowest BCUT2D eigenvalue weighted by Crippen LogP contribution is -2.44. The number of carbonyl (C=O) groups excluding carboxylic acids is 2. The predicted molar refractivity (Wildman–Crippen MR) is 97.4 cm³/mol. The molecule has 2 amide bonds. The number of ether oxygens (including phenoxy) is 2. The maximum absolute atomic E-state index is 11.9. The molecule has 0 saturated heterocycles. The molecular formula is C18H19BrN2O4. The minimum absolute atomic E-state index is 0.0942. The van der Waals surface area contributed by atoms with Gasteiger partial charge in [0, 0.05) is 10.0 Å². The van der Waals surface area contributed by atoms with Crippen molar-refractivity contribution in [2.45, 2.75) is 13.3 Å². The molecule has 0 spiro atoms. The van der Waals surface area contributed by atoms with Gasteiger partial charge in [-0.3, -0.25) is 20.4 Å². The Bertz CT molecular complexity index is 764. The summed E-state index contributed by atoms with van der Waals surface area (Å²) in [5, 5.41) is 0. The Hall–Kier alpha value is -2.54. The van der Waals surface area contributed by atoms with Crippen LogP contribution in [0.5, 0.6) is 11.5 Å². The van der Waals surface area contributed by atoms with Crippen LogP contribution in [0.15, 0.2) is 46.9 Å². The first-order chi connectivity index (χ1) is 12.0. The Morgan fingerprint density at radius 2 is 1.76 bits per heavy atom. The average Bonchev–Trinajstić information content (AvgIpc) is 2.59. The van der Waals surface area contributed by atoms with Gasteiger partial charge in [-0.05, 0) is 36.8 Å². The summed E-state index contributed by atoms with van der Waals surface area (Å²) >= 11 is 3.36. The SMILES string of the molecule is COc1ccccc1CC(=O)NNC(=O)COc1ccc(Br)cc1C. The number of benzene rings is 2. The van der Waals surface area contributed by atoms with Gasteiger partial charge in [0.2, 0.25) is 5.91 Å². The van der Waals surface area contributed by atoms with E-state index in [4.69, 9.17) is 9.47 Å². The number of nitrogens with one attached hydrogen (secondary N) is 2. The van der Waals surface area contributed by atoms with E-state index < -0.39 is 5.91 Å². The van der Waals surface area contributed by atoms with E-state index in [-0.39, 0.29) is 18.9 Å². The number of halogens is 1. The lowest BCUT2D eigenvalue weighted by molar-refractivity contribution is -0.129. The largest absolute Gasteiger partial charge is 0.496 e. The quantitative estimate of drug-likeness (QED) is 0.722. The van der Waals surface area contributed by atoms with Crippen molar-refractivity contribution >= 4 is 27.7 Å². The number of hydrazine groups is 1. The molecule has 25 heavy (non-hydrogen) atoms. The molecule has 2 N–H and O–H groups in total. The van der Waals surface area contributed by atoms with Gasteiger partial charge in [-0.2, -0.15) is 0 Å². The molecule has 0 fully saturated rings. The topological polar surface area (TPSA) is 76.7 Å². The molecule has 132 valence electrons. The predicted octanol–water partition coefficient (Wildman–Crippen LogP) is 2.54. The zero-order valence-electron chi connectivity index (χ0n) is 14.0. The normalized spacial score (nSPS) is 10.0. The van der Waals surface area contributed by atoms with Crippen molar-refractivity contribution in [2.24, 2.45) is 0 Å². The van der Waals surface area contributed by atoms with Crippen LogP contribution in [0.25, 0.3) is 0 Å². The highest BCUT2D eigenvalue weighted by molar-refractivity contribution is 9.10. The molecule has 0 aliphatic heterocycles. The zero-order valence-corrected chi connectivity index (χ0v) is 15.6. The van der Waals surface area contributed by atoms with Crippen molar-refractivity contribution in [3.05, 3.63) is 58.1 Å². The monoisotopic (exact) mass is 406 g/mol. The van der Waals surface area contributed by atoms with Crippen LogP contribution < -0.4 is 20.3 Å². The van der Waals surface area contributed by atoms with E-state index in [2.05, 4.69) is 26.8 Å². The maximum Gasteiger partial charge on any atom is 0.276 e. The molecular weight excluding hydrogens is 388 g/mol. The smallest absolute Gasteiger partial charge is 0.276 e. The molecule has 0 aliphatic carbocycles. The Morgan fingerprint density at radius 1 is 1.04 bits per heavy atom. The Balaban J connectivity index is 1.78. The van der Waals surface area contributed by atoms with E-state index in [9.17, 15) is 9.59 Å². The van der Waals surface area contributed by atoms with Crippen molar-refractivity contribution in [1.29, 1.82) is 0 Å². The fourth-order valence-electron chi connectivity index (χ4n) is 2.16. The number of hydrogen-bond acceptors (Lipinski definition) is 4. The van der Waals surface area contributed by atoms with E-state index in [1.807, 2.05) is 31.2 Å². The Kier molecular flexibility index (Phi) is 6.82. The summed E-state index contributed by atoms with van der Waals surface area (Å²) < 4.78 is 11.6. The first-order valence-corrected chi connectivity index (χ1v) is 8.37. The van der Waals surface area contributed by atoms with Gasteiger partial charge in [0.1, 0.15) is 11.5 Å². The van der Waals surface area contributed by atoms with E-state index in [0.29, 0.717) is 11.5 Å². The van der Waals surface area contributed by atoms with Crippen LogP contribution in [0.4, 0.5) is 0 Å². The molecule has 2 aromatic carbocycles. The molecule has 0 radical (unpaired) electrons. The summed E-state index contributed by atoms with van der Waals surface area (Å²) in [6, 6.07) is 12.7. The van der Waals surface area contributed by atoms with Crippen LogP contribution in [0, 0.1) is 6.92 Å². The second-order valence-corrected chi connectivity index (χ2v) is 6.20. The average molecular weight is 407 g/mol. The van der Waals surface area contributed by atoms with Crippen LogP contribution >= 0.6 is 15.9 Å². The maximum atomic E-state index is 11.9. The summed E-state index contributed by atoms with van der Waals surface area (Å²) in [4.78, 5) is 23.7. The van der Waals surface area contributed by atoms with Gasteiger partial charge in [0.15, 0.2) is 6.61 Å². The van der Waals surface area contributed by atoms with E-state index in [1.54, 1.807) is 25.3 Å². The number of rotatable bonds is 6. The summed E-state index contributed by atoms with van der Waals surface area (Å²) in [7, 11) is 1.54. The molecule has 2 aromatic rings. The number of aryl methyl sites for hydroxylation is 1. The molecule has 0 aliphatic rings. The van der Waals surface area contributed by atoms with E-state index in [0.717, 1.165) is 15.6 Å². The van der Waals surface area contributed by atoms with Crippen LogP contribution in [0.1, 0.15) is 11.1 Å². The number of amides is 2. The van der Waals surface area contributed by atoms with Gasteiger partial charge in [-0.1, -0.05) is 34.1 Å². The van der Waals surface area contributed by atoms with Crippen LogP contribution in [0.2, 0.25) is 0 Å². The minimum atomic E-state index is -0.448. The molecule has 7 heteroatoms. The summed E-state index contributed by atoms with van der Waals surface area (Å²) in [5.74, 6) is 0.435. The van der Waals surface area contributed by atoms with Gasteiger partial charge < -0.3 is 9.47 Å². The molecule has 0 aromatic heterocycles. The minimum Gasteiger partial charge on any atom is -0.496 e. The third-order valence-electron chi connectivity index (χ3n) is 3.38. The zero-order chi connectivity index (χ0) is 18.2. The number of para-hydroxylation sites is 1. The standard InChI is InChI=1S/C18H19BrN2O4/c1-12-9-14(19)7-8-15(12)25-11-18(23)21-20-17(22)10-13-5-3-4-6-16(13)24-2/h3-9H,10-11H2,1-2H3,(H,20,22)(H,21,23). The van der Waals surface area contributed by atoms with E-state index >= 15 is 0 Å². The van der Waals surface area contributed by atoms with Crippen molar-refractivity contribution in [1.82, 2.24) is 10.9 Å². The Morgan fingerprint density at radius 3 is 2.48 bits per heavy atom. The van der Waals surface area contributed by atoms with Gasteiger partial charge in [0.05, 0.1) is 13.5 Å². The number of hydrogen-bond donors (Lipinski definition) is 2. The molecule has 0 atom stereocenters. The lowest BCUT2D eigenvalue weighted by Gasteiger charge is -2.11. The van der Waals surface area contributed by atoms with Gasteiger partial charge >= 0.3 is 0 Å². The third-order valence-corrected chi connectivity index (χ3v) is 3.87. The molecule has 0 heterocycles. The molecule has 6 nitrogen and oxygen atoms in total. The van der Waals surface area contributed by atoms with Crippen LogP contribution in [-0.2, 0) is 16.0 Å². The van der Waals surface area contributed by atoms with Crippen molar-refractivity contribution in [2.75, 3.05) is 13.7 Å². The fourth-order valence-corrected chi connectivity index (χ4v) is 2.64. The van der Waals surface area contributed by atoms with Crippen molar-refractivity contribution in [3.63, 3.8) is 0 Å². The summed E-state index contributed by atoms with van der Waals surface area (Å²) in [6.07, 6.45) is 0.0942. The van der Waals surface area contributed by atoms with Crippen molar-refractivity contribution in [3.8, 4) is 11.5 Å². The second kappa shape index (κ2) is 9.08. The molecule has 2 rings (SSSR count). The fraction of sp³-hybridized carbons (Fsp3) is 0.222. The molecule has 0 saturated carbocycles.